The minimum Gasteiger partial charge on any atom is -0.484 e. The number of anilines is 1. The van der Waals surface area contributed by atoms with Crippen LogP contribution in [0.5, 0.6) is 5.75 Å². The number of carbonyl (C=O) groups excluding carboxylic acids is 2. The van der Waals surface area contributed by atoms with Gasteiger partial charge in [0.25, 0.3) is 11.6 Å². The zero-order valence-corrected chi connectivity index (χ0v) is 14.5. The van der Waals surface area contributed by atoms with Crippen LogP contribution in [0.2, 0.25) is 0 Å². The number of nitrogens with zero attached hydrogens (tertiary/aromatic N) is 1. The molecule has 0 aromatic heterocycles. The van der Waals surface area contributed by atoms with Gasteiger partial charge in [-0.2, -0.15) is 0 Å². The van der Waals surface area contributed by atoms with Crippen molar-refractivity contribution in [3.05, 3.63) is 64.2 Å². The standard InChI is InChI=1S/C19H19N3O5/c23-18(12-27-17-6-2-5-16(10-17)22(25)26)20-11-13-3-1-4-15(9-13)21-19(24)14-7-8-14/h1-6,9-10,14H,7-8,11-12H2,(H,20,23)(H,21,24). The summed E-state index contributed by atoms with van der Waals surface area (Å²) in [4.78, 5) is 33.9. The summed E-state index contributed by atoms with van der Waals surface area (Å²) in [6, 6.07) is 12.9. The average molecular weight is 369 g/mol. The first-order valence-electron chi connectivity index (χ1n) is 8.55. The van der Waals surface area contributed by atoms with Gasteiger partial charge in [0.15, 0.2) is 6.61 Å². The van der Waals surface area contributed by atoms with E-state index < -0.39 is 4.92 Å². The number of ether oxygens (including phenoxy) is 1. The van der Waals surface area contributed by atoms with E-state index in [1.165, 1.54) is 18.2 Å². The van der Waals surface area contributed by atoms with E-state index >= 15 is 0 Å². The van der Waals surface area contributed by atoms with Crippen LogP contribution in [0, 0.1) is 16.0 Å². The van der Waals surface area contributed by atoms with Gasteiger partial charge < -0.3 is 15.4 Å². The SMILES string of the molecule is O=C(COc1cccc([N+](=O)[O-])c1)NCc1cccc(NC(=O)C2CC2)c1. The molecule has 3 rings (SSSR count). The van der Waals surface area contributed by atoms with E-state index in [0.29, 0.717) is 5.69 Å². The Morgan fingerprint density at radius 2 is 1.93 bits per heavy atom. The Bertz CT molecular complexity index is 864. The van der Waals surface area contributed by atoms with Gasteiger partial charge >= 0.3 is 0 Å². The lowest BCUT2D eigenvalue weighted by atomic mass is 10.2. The Balaban J connectivity index is 1.46. The molecule has 0 heterocycles. The first-order valence-corrected chi connectivity index (χ1v) is 8.55. The lowest BCUT2D eigenvalue weighted by Crippen LogP contribution is -2.28. The van der Waals surface area contributed by atoms with Crippen molar-refractivity contribution in [1.29, 1.82) is 0 Å². The number of hydrogen-bond acceptors (Lipinski definition) is 5. The van der Waals surface area contributed by atoms with Crippen molar-refractivity contribution in [2.75, 3.05) is 11.9 Å². The van der Waals surface area contributed by atoms with Gasteiger partial charge in [0.2, 0.25) is 5.91 Å². The van der Waals surface area contributed by atoms with Crippen LogP contribution in [-0.4, -0.2) is 23.3 Å². The molecule has 0 radical (unpaired) electrons. The van der Waals surface area contributed by atoms with E-state index in [2.05, 4.69) is 10.6 Å². The number of nitro groups is 1. The van der Waals surface area contributed by atoms with Crippen LogP contribution < -0.4 is 15.4 Å². The molecule has 1 saturated carbocycles. The van der Waals surface area contributed by atoms with E-state index in [9.17, 15) is 19.7 Å². The molecule has 0 aliphatic heterocycles. The van der Waals surface area contributed by atoms with Gasteiger partial charge in [-0.25, -0.2) is 0 Å². The maximum Gasteiger partial charge on any atom is 0.273 e. The zero-order valence-electron chi connectivity index (χ0n) is 14.5. The van der Waals surface area contributed by atoms with Crippen molar-refractivity contribution >= 4 is 23.2 Å². The molecule has 2 aromatic carbocycles. The molecule has 8 nitrogen and oxygen atoms in total. The third-order valence-electron chi connectivity index (χ3n) is 4.03. The average Bonchev–Trinajstić information content (AvgIpc) is 3.50. The largest absolute Gasteiger partial charge is 0.484 e. The molecule has 0 saturated heterocycles. The van der Waals surface area contributed by atoms with Gasteiger partial charge in [-0.3, -0.25) is 19.7 Å². The van der Waals surface area contributed by atoms with Gasteiger partial charge in [-0.05, 0) is 36.6 Å². The predicted octanol–water partition coefficient (Wildman–Crippen LogP) is 2.64. The summed E-state index contributed by atoms with van der Waals surface area (Å²) in [5, 5.41) is 16.3. The molecule has 0 unspecified atom stereocenters. The molecule has 140 valence electrons. The fourth-order valence-electron chi connectivity index (χ4n) is 2.44. The number of rotatable bonds is 8. The second kappa shape index (κ2) is 8.31. The lowest BCUT2D eigenvalue weighted by molar-refractivity contribution is -0.384. The number of carbonyl (C=O) groups is 2. The predicted molar refractivity (Wildman–Crippen MR) is 98.2 cm³/mol. The highest BCUT2D eigenvalue weighted by atomic mass is 16.6. The lowest BCUT2D eigenvalue weighted by Gasteiger charge is -2.09. The van der Waals surface area contributed by atoms with Gasteiger partial charge in [-0.15, -0.1) is 0 Å². The summed E-state index contributed by atoms with van der Waals surface area (Å²) in [6.07, 6.45) is 1.87. The summed E-state index contributed by atoms with van der Waals surface area (Å²) in [5.41, 5.74) is 1.44. The zero-order chi connectivity index (χ0) is 19.2. The van der Waals surface area contributed by atoms with Crippen molar-refractivity contribution in [1.82, 2.24) is 5.32 Å². The van der Waals surface area contributed by atoms with Gasteiger partial charge in [0, 0.05) is 24.2 Å². The van der Waals surface area contributed by atoms with E-state index in [1.54, 1.807) is 12.1 Å². The molecular weight excluding hydrogens is 350 g/mol. The maximum atomic E-state index is 11.9. The van der Waals surface area contributed by atoms with Crippen LogP contribution in [0.15, 0.2) is 48.5 Å². The number of amides is 2. The monoisotopic (exact) mass is 369 g/mol. The molecule has 1 fully saturated rings. The molecule has 2 amide bonds. The number of hydrogen-bond donors (Lipinski definition) is 2. The van der Waals surface area contributed by atoms with Crippen molar-refractivity contribution in [3.8, 4) is 5.75 Å². The molecule has 0 bridgehead atoms. The first kappa shape index (κ1) is 18.4. The number of non-ortho nitro benzene ring substituents is 1. The van der Waals surface area contributed by atoms with Gasteiger partial charge in [-0.1, -0.05) is 18.2 Å². The number of nitro benzene ring substituents is 1. The molecule has 1 aliphatic rings. The maximum absolute atomic E-state index is 11.9. The summed E-state index contributed by atoms with van der Waals surface area (Å²) in [7, 11) is 0. The number of nitrogens with one attached hydrogen (secondary N) is 2. The van der Waals surface area contributed by atoms with Gasteiger partial charge in [0.1, 0.15) is 5.75 Å². The summed E-state index contributed by atoms with van der Waals surface area (Å²) >= 11 is 0. The Labute approximate surface area is 155 Å². The topological polar surface area (TPSA) is 111 Å². The van der Waals surface area contributed by atoms with Crippen LogP contribution in [0.25, 0.3) is 0 Å². The van der Waals surface area contributed by atoms with Crippen molar-refractivity contribution in [2.24, 2.45) is 5.92 Å². The summed E-state index contributed by atoms with van der Waals surface area (Å²) in [5.74, 6) is 0.0546. The fraction of sp³-hybridized carbons (Fsp3) is 0.263. The van der Waals surface area contributed by atoms with Crippen LogP contribution in [0.4, 0.5) is 11.4 Å². The van der Waals surface area contributed by atoms with Crippen LogP contribution in [0.3, 0.4) is 0 Å². The summed E-state index contributed by atoms with van der Waals surface area (Å²) < 4.78 is 5.28. The second-order valence-electron chi connectivity index (χ2n) is 6.28. The smallest absolute Gasteiger partial charge is 0.273 e. The molecule has 2 aromatic rings. The van der Waals surface area contributed by atoms with E-state index in [4.69, 9.17) is 4.74 Å². The van der Waals surface area contributed by atoms with Gasteiger partial charge in [0.05, 0.1) is 11.0 Å². The highest BCUT2D eigenvalue weighted by molar-refractivity contribution is 5.94. The van der Waals surface area contributed by atoms with Crippen LogP contribution in [-0.2, 0) is 16.1 Å². The highest BCUT2D eigenvalue weighted by Gasteiger charge is 2.29. The van der Waals surface area contributed by atoms with E-state index in [-0.39, 0.29) is 42.3 Å². The highest BCUT2D eigenvalue weighted by Crippen LogP contribution is 2.30. The summed E-state index contributed by atoms with van der Waals surface area (Å²) in [6.45, 7) is 0.0313. The molecule has 2 N–H and O–H groups in total. The quantitative estimate of drug-likeness (QED) is 0.549. The fourth-order valence-corrected chi connectivity index (χ4v) is 2.44. The van der Waals surface area contributed by atoms with Crippen LogP contribution >= 0.6 is 0 Å². The van der Waals surface area contributed by atoms with Crippen molar-refractivity contribution < 1.29 is 19.2 Å². The third kappa shape index (κ3) is 5.53. The molecular formula is C19H19N3O5. The molecule has 0 atom stereocenters. The van der Waals surface area contributed by atoms with E-state index in [1.807, 2.05) is 18.2 Å². The Morgan fingerprint density at radius 3 is 2.67 bits per heavy atom. The minimum absolute atomic E-state index is 0.0292. The minimum atomic E-state index is -0.526. The first-order chi connectivity index (χ1) is 13.0. The third-order valence-corrected chi connectivity index (χ3v) is 4.03. The Kier molecular flexibility index (Phi) is 5.65. The normalized spacial score (nSPS) is 12.9. The molecule has 1 aliphatic carbocycles. The number of benzene rings is 2. The van der Waals surface area contributed by atoms with E-state index in [0.717, 1.165) is 18.4 Å². The Hall–Kier alpha value is -3.42. The molecule has 8 heteroatoms. The Morgan fingerprint density at radius 1 is 1.15 bits per heavy atom. The molecule has 0 spiro atoms. The molecule has 27 heavy (non-hydrogen) atoms. The van der Waals surface area contributed by atoms with Crippen molar-refractivity contribution in [3.63, 3.8) is 0 Å². The second-order valence-corrected chi connectivity index (χ2v) is 6.28. The van der Waals surface area contributed by atoms with Crippen LogP contribution in [0.1, 0.15) is 18.4 Å². The van der Waals surface area contributed by atoms with Crippen molar-refractivity contribution in [2.45, 2.75) is 19.4 Å².